The van der Waals surface area contributed by atoms with Crippen LogP contribution in [-0.4, -0.2) is 12.8 Å². The maximum absolute atomic E-state index is 5.23. The SMILES string of the molecule is CNC1=COC(C)(C)O1. The standard InChI is InChI=1S/C6H11NO2/c1-6(2)8-4-5(7-3)9-6/h4,7H,1-3H3. The highest BCUT2D eigenvalue weighted by molar-refractivity contribution is 4.91. The second-order valence-corrected chi connectivity index (χ2v) is 2.35. The molecular weight excluding hydrogens is 118 g/mol. The summed E-state index contributed by atoms with van der Waals surface area (Å²) in [5.41, 5.74) is 0. The molecule has 0 spiro atoms. The lowest BCUT2D eigenvalue weighted by molar-refractivity contribution is -0.118. The highest BCUT2D eigenvalue weighted by Crippen LogP contribution is 2.21. The molecule has 3 heteroatoms. The van der Waals surface area contributed by atoms with Crippen molar-refractivity contribution >= 4 is 0 Å². The van der Waals surface area contributed by atoms with Gasteiger partial charge in [0.2, 0.25) is 11.7 Å². The van der Waals surface area contributed by atoms with Gasteiger partial charge in [0.15, 0.2) is 0 Å². The van der Waals surface area contributed by atoms with Gasteiger partial charge < -0.3 is 14.8 Å². The summed E-state index contributed by atoms with van der Waals surface area (Å²) in [7, 11) is 1.79. The maximum Gasteiger partial charge on any atom is 0.247 e. The molecule has 0 aromatic rings. The Bertz CT molecular complexity index is 140. The molecule has 9 heavy (non-hydrogen) atoms. The van der Waals surface area contributed by atoms with Crippen molar-refractivity contribution in [2.24, 2.45) is 0 Å². The van der Waals surface area contributed by atoms with E-state index in [1.54, 1.807) is 13.3 Å². The lowest BCUT2D eigenvalue weighted by atomic mass is 10.4. The monoisotopic (exact) mass is 129 g/mol. The molecular formula is C6H11NO2. The summed E-state index contributed by atoms with van der Waals surface area (Å²) >= 11 is 0. The van der Waals surface area contributed by atoms with Crippen LogP contribution in [0, 0.1) is 0 Å². The smallest absolute Gasteiger partial charge is 0.247 e. The zero-order valence-electron chi connectivity index (χ0n) is 5.89. The first-order chi connectivity index (χ1) is 4.14. The fraction of sp³-hybridized carbons (Fsp3) is 0.667. The first kappa shape index (κ1) is 6.26. The summed E-state index contributed by atoms with van der Waals surface area (Å²) in [6.07, 6.45) is 1.57. The molecule has 0 bridgehead atoms. The highest BCUT2D eigenvalue weighted by Gasteiger charge is 2.26. The maximum atomic E-state index is 5.23. The first-order valence-corrected chi connectivity index (χ1v) is 2.89. The molecule has 0 unspecified atom stereocenters. The van der Waals surface area contributed by atoms with E-state index in [0.29, 0.717) is 5.88 Å². The van der Waals surface area contributed by atoms with Gasteiger partial charge in [-0.25, -0.2) is 0 Å². The zero-order chi connectivity index (χ0) is 6.91. The number of ether oxygens (including phenoxy) is 2. The summed E-state index contributed by atoms with van der Waals surface area (Å²) in [4.78, 5) is 0. The molecule has 0 fully saturated rings. The van der Waals surface area contributed by atoms with Gasteiger partial charge in [-0.1, -0.05) is 0 Å². The van der Waals surface area contributed by atoms with Crippen molar-refractivity contribution in [2.45, 2.75) is 19.6 Å². The van der Waals surface area contributed by atoms with Crippen LogP contribution in [0.1, 0.15) is 13.8 Å². The highest BCUT2D eigenvalue weighted by atomic mass is 16.7. The number of hydrogen-bond acceptors (Lipinski definition) is 3. The van der Waals surface area contributed by atoms with E-state index in [2.05, 4.69) is 5.32 Å². The van der Waals surface area contributed by atoms with Gasteiger partial charge in [0, 0.05) is 20.9 Å². The van der Waals surface area contributed by atoms with E-state index in [0.717, 1.165) is 0 Å². The van der Waals surface area contributed by atoms with Gasteiger partial charge >= 0.3 is 0 Å². The Morgan fingerprint density at radius 3 is 2.44 bits per heavy atom. The molecule has 0 amide bonds. The third-order valence-electron chi connectivity index (χ3n) is 1.05. The van der Waals surface area contributed by atoms with E-state index in [-0.39, 0.29) is 0 Å². The van der Waals surface area contributed by atoms with Crippen molar-refractivity contribution in [3.63, 3.8) is 0 Å². The summed E-state index contributed by atoms with van der Waals surface area (Å²) in [5, 5.41) is 2.83. The molecule has 3 nitrogen and oxygen atoms in total. The first-order valence-electron chi connectivity index (χ1n) is 2.89. The summed E-state index contributed by atoms with van der Waals surface area (Å²) < 4.78 is 10.3. The van der Waals surface area contributed by atoms with Gasteiger partial charge in [-0.3, -0.25) is 0 Å². The van der Waals surface area contributed by atoms with Gasteiger partial charge in [0.25, 0.3) is 0 Å². The van der Waals surface area contributed by atoms with Crippen molar-refractivity contribution in [1.29, 1.82) is 0 Å². The van der Waals surface area contributed by atoms with E-state index >= 15 is 0 Å². The molecule has 0 aliphatic carbocycles. The quantitative estimate of drug-likeness (QED) is 0.567. The molecule has 0 aromatic carbocycles. The number of nitrogens with one attached hydrogen (secondary N) is 1. The van der Waals surface area contributed by atoms with Gasteiger partial charge in [-0.2, -0.15) is 0 Å². The molecule has 0 radical (unpaired) electrons. The molecule has 0 saturated heterocycles. The Labute approximate surface area is 54.6 Å². The lowest BCUT2D eigenvalue weighted by Gasteiger charge is -2.17. The number of hydrogen-bond donors (Lipinski definition) is 1. The van der Waals surface area contributed by atoms with Crippen LogP contribution in [0.4, 0.5) is 0 Å². The molecule has 0 aromatic heterocycles. The normalized spacial score (nSPS) is 21.9. The fourth-order valence-corrected chi connectivity index (χ4v) is 0.618. The van der Waals surface area contributed by atoms with Crippen LogP contribution in [0.2, 0.25) is 0 Å². The Hall–Kier alpha value is -0.860. The Balaban J connectivity index is 2.50. The minimum Gasteiger partial charge on any atom is -0.455 e. The lowest BCUT2D eigenvalue weighted by Crippen LogP contribution is -2.22. The molecule has 52 valence electrons. The summed E-state index contributed by atoms with van der Waals surface area (Å²) in [6, 6.07) is 0. The molecule has 1 aliphatic heterocycles. The third-order valence-corrected chi connectivity index (χ3v) is 1.05. The number of rotatable bonds is 1. The molecule has 0 saturated carbocycles. The van der Waals surface area contributed by atoms with E-state index in [1.165, 1.54) is 0 Å². The molecule has 1 N–H and O–H groups in total. The topological polar surface area (TPSA) is 30.5 Å². The predicted molar refractivity (Wildman–Crippen MR) is 33.4 cm³/mol. The van der Waals surface area contributed by atoms with Gasteiger partial charge in [-0.15, -0.1) is 0 Å². The largest absolute Gasteiger partial charge is 0.455 e. The van der Waals surface area contributed by atoms with Crippen LogP contribution >= 0.6 is 0 Å². The Morgan fingerprint density at radius 1 is 1.56 bits per heavy atom. The minimum absolute atomic E-state index is 0.488. The van der Waals surface area contributed by atoms with Gasteiger partial charge in [0.1, 0.15) is 6.26 Å². The summed E-state index contributed by atoms with van der Waals surface area (Å²) in [5.74, 6) is 0.193. The van der Waals surface area contributed by atoms with E-state index < -0.39 is 5.79 Å². The van der Waals surface area contributed by atoms with Crippen molar-refractivity contribution in [1.82, 2.24) is 5.32 Å². The van der Waals surface area contributed by atoms with Crippen molar-refractivity contribution in [3.8, 4) is 0 Å². The van der Waals surface area contributed by atoms with E-state index in [1.807, 2.05) is 13.8 Å². The van der Waals surface area contributed by atoms with E-state index in [4.69, 9.17) is 9.47 Å². The predicted octanol–water partition coefficient (Wildman–Crippen LogP) is 0.788. The molecule has 0 atom stereocenters. The molecule has 1 rings (SSSR count). The second-order valence-electron chi connectivity index (χ2n) is 2.35. The zero-order valence-corrected chi connectivity index (χ0v) is 5.89. The van der Waals surface area contributed by atoms with Crippen LogP contribution in [0.25, 0.3) is 0 Å². The average molecular weight is 129 g/mol. The Morgan fingerprint density at radius 2 is 2.22 bits per heavy atom. The van der Waals surface area contributed by atoms with Crippen LogP contribution in [0.3, 0.4) is 0 Å². The fourth-order valence-electron chi connectivity index (χ4n) is 0.618. The third kappa shape index (κ3) is 1.28. The minimum atomic E-state index is -0.488. The molecule has 1 heterocycles. The summed E-state index contributed by atoms with van der Waals surface area (Å²) in [6.45, 7) is 3.71. The van der Waals surface area contributed by atoms with Crippen molar-refractivity contribution in [2.75, 3.05) is 7.05 Å². The van der Waals surface area contributed by atoms with Crippen LogP contribution in [0.15, 0.2) is 12.1 Å². The van der Waals surface area contributed by atoms with Crippen molar-refractivity contribution < 1.29 is 9.47 Å². The Kier molecular flexibility index (Phi) is 1.27. The van der Waals surface area contributed by atoms with Crippen LogP contribution < -0.4 is 5.32 Å². The van der Waals surface area contributed by atoms with Crippen LogP contribution in [-0.2, 0) is 9.47 Å². The van der Waals surface area contributed by atoms with Crippen molar-refractivity contribution in [3.05, 3.63) is 12.1 Å². The van der Waals surface area contributed by atoms with Gasteiger partial charge in [0.05, 0.1) is 0 Å². The van der Waals surface area contributed by atoms with Gasteiger partial charge in [-0.05, 0) is 0 Å². The molecule has 1 aliphatic rings. The van der Waals surface area contributed by atoms with Crippen LogP contribution in [0.5, 0.6) is 0 Å². The van der Waals surface area contributed by atoms with E-state index in [9.17, 15) is 0 Å². The second kappa shape index (κ2) is 1.83. The average Bonchev–Trinajstić information content (AvgIpc) is 2.10.